The number of aliphatic hydroxyl groups is 1. The first-order valence-corrected chi connectivity index (χ1v) is 11.9. The van der Waals surface area contributed by atoms with Crippen LogP contribution >= 0.6 is 0 Å². The highest BCUT2D eigenvalue weighted by molar-refractivity contribution is 5.57. The maximum Gasteiger partial charge on any atom is 0.422 e. The molecule has 198 valence electrons. The van der Waals surface area contributed by atoms with Gasteiger partial charge in [-0.1, -0.05) is 18.2 Å². The highest BCUT2D eigenvalue weighted by Gasteiger charge is 2.29. The van der Waals surface area contributed by atoms with Gasteiger partial charge in [-0.2, -0.15) is 18.2 Å². The number of para-hydroxylation sites is 1. The van der Waals surface area contributed by atoms with Gasteiger partial charge in [0.15, 0.2) is 6.61 Å². The van der Waals surface area contributed by atoms with Crippen LogP contribution in [-0.2, 0) is 6.54 Å². The molecule has 0 amide bonds. The number of rotatable bonds is 13. The predicted octanol–water partition coefficient (Wildman–Crippen LogP) is 3.88. The van der Waals surface area contributed by atoms with Gasteiger partial charge < -0.3 is 25.8 Å². The molecule has 36 heavy (non-hydrogen) atoms. The number of alkyl halides is 3. The smallest absolute Gasteiger partial charge is 0.422 e. The first-order valence-electron chi connectivity index (χ1n) is 11.9. The predicted molar refractivity (Wildman–Crippen MR) is 128 cm³/mol. The van der Waals surface area contributed by atoms with E-state index in [1.54, 1.807) is 18.2 Å². The fourth-order valence-corrected chi connectivity index (χ4v) is 4.05. The number of halogens is 3. The van der Waals surface area contributed by atoms with E-state index in [0.29, 0.717) is 24.1 Å². The van der Waals surface area contributed by atoms with E-state index in [2.05, 4.69) is 25.9 Å². The van der Waals surface area contributed by atoms with Crippen LogP contribution < -0.4 is 20.7 Å². The Morgan fingerprint density at radius 2 is 1.92 bits per heavy atom. The average molecular weight is 513 g/mol. The molecule has 4 N–H and O–H groups in total. The summed E-state index contributed by atoms with van der Waals surface area (Å²) in [5.74, 6) is 0.599. The molecule has 1 fully saturated rings. The maximum atomic E-state index is 12.5. The largest absolute Gasteiger partial charge is 0.484 e. The van der Waals surface area contributed by atoms with Crippen molar-refractivity contribution in [1.29, 1.82) is 0 Å². The maximum absolute atomic E-state index is 12.5. The van der Waals surface area contributed by atoms with Gasteiger partial charge in [0.1, 0.15) is 11.9 Å². The van der Waals surface area contributed by atoms with Crippen molar-refractivity contribution < 1.29 is 27.9 Å². The Morgan fingerprint density at radius 1 is 1.17 bits per heavy atom. The average Bonchev–Trinajstić information content (AvgIpc) is 2.86. The molecular weight excluding hydrogens is 481 g/mol. The minimum absolute atomic E-state index is 0.0680. The fraction of sp³-hybridized carbons (Fsp3) is 0.565. The number of nitrogens with zero attached hydrogens (tertiary/aromatic N) is 3. The third-order valence-electron chi connectivity index (χ3n) is 5.94. The topological polar surface area (TPSA) is 134 Å². The summed E-state index contributed by atoms with van der Waals surface area (Å²) in [6, 6.07) is 6.69. The molecule has 1 aromatic heterocycles. The summed E-state index contributed by atoms with van der Waals surface area (Å²) in [4.78, 5) is 19.1. The zero-order valence-electron chi connectivity index (χ0n) is 19.8. The van der Waals surface area contributed by atoms with Crippen LogP contribution in [0.3, 0.4) is 0 Å². The summed E-state index contributed by atoms with van der Waals surface area (Å²) in [6.45, 7) is 0.130. The number of nitro groups is 1. The molecule has 3 rings (SSSR count). The van der Waals surface area contributed by atoms with E-state index < -0.39 is 17.7 Å². The summed E-state index contributed by atoms with van der Waals surface area (Å²) in [5, 5.41) is 29.8. The van der Waals surface area contributed by atoms with E-state index in [4.69, 9.17) is 9.84 Å². The zero-order valence-corrected chi connectivity index (χ0v) is 19.8. The van der Waals surface area contributed by atoms with E-state index in [9.17, 15) is 23.3 Å². The van der Waals surface area contributed by atoms with Crippen LogP contribution in [-0.4, -0.2) is 58.5 Å². The number of nitrogens with one attached hydrogen (secondary N) is 3. The van der Waals surface area contributed by atoms with Crippen molar-refractivity contribution in [2.75, 3.05) is 36.9 Å². The minimum atomic E-state index is -4.46. The van der Waals surface area contributed by atoms with Gasteiger partial charge in [0.2, 0.25) is 11.8 Å². The van der Waals surface area contributed by atoms with Gasteiger partial charge >= 0.3 is 11.9 Å². The third-order valence-corrected chi connectivity index (χ3v) is 5.94. The van der Waals surface area contributed by atoms with Gasteiger partial charge in [0, 0.05) is 31.3 Å². The molecule has 1 aromatic carbocycles. The van der Waals surface area contributed by atoms with Crippen LogP contribution in [0.5, 0.6) is 5.75 Å². The highest BCUT2D eigenvalue weighted by Crippen LogP contribution is 2.28. The van der Waals surface area contributed by atoms with Crippen molar-refractivity contribution >= 4 is 17.5 Å². The summed E-state index contributed by atoms with van der Waals surface area (Å²) >= 11 is 0. The Hall–Kier alpha value is -3.19. The van der Waals surface area contributed by atoms with E-state index in [1.807, 2.05) is 0 Å². The number of benzene rings is 1. The molecule has 1 aliphatic rings. The van der Waals surface area contributed by atoms with Crippen molar-refractivity contribution in [3.05, 3.63) is 46.1 Å². The van der Waals surface area contributed by atoms with Gasteiger partial charge in [-0.05, 0) is 50.6 Å². The Labute approximate surface area is 206 Å². The summed E-state index contributed by atoms with van der Waals surface area (Å²) in [7, 11) is 0. The Morgan fingerprint density at radius 3 is 2.61 bits per heavy atom. The lowest BCUT2D eigenvalue weighted by molar-refractivity contribution is -0.384. The van der Waals surface area contributed by atoms with Crippen molar-refractivity contribution in [2.24, 2.45) is 5.92 Å². The van der Waals surface area contributed by atoms with Gasteiger partial charge in [-0.15, -0.1) is 0 Å². The number of hydrogen-bond acceptors (Lipinski definition) is 9. The second-order valence-electron chi connectivity index (χ2n) is 8.68. The third kappa shape index (κ3) is 8.79. The lowest BCUT2D eigenvalue weighted by atomic mass is 9.86. The van der Waals surface area contributed by atoms with E-state index in [1.165, 1.54) is 6.07 Å². The van der Waals surface area contributed by atoms with Crippen LogP contribution in [0.2, 0.25) is 0 Å². The molecule has 0 saturated heterocycles. The normalized spacial score (nSPS) is 18.0. The molecule has 13 heteroatoms. The molecule has 1 saturated carbocycles. The van der Waals surface area contributed by atoms with Crippen molar-refractivity contribution in [2.45, 2.75) is 50.9 Å². The Kier molecular flexibility index (Phi) is 10.1. The summed E-state index contributed by atoms with van der Waals surface area (Å²) in [6.07, 6.45) is 1.27. The van der Waals surface area contributed by atoms with Gasteiger partial charge in [0.05, 0.1) is 4.92 Å². The van der Waals surface area contributed by atoms with Crippen molar-refractivity contribution in [1.82, 2.24) is 15.3 Å². The summed E-state index contributed by atoms with van der Waals surface area (Å²) in [5.41, 5.74) is 0.205. The van der Waals surface area contributed by atoms with E-state index in [-0.39, 0.29) is 36.4 Å². The molecule has 0 spiro atoms. The van der Waals surface area contributed by atoms with Gasteiger partial charge in [0.25, 0.3) is 0 Å². The molecule has 1 aliphatic carbocycles. The van der Waals surface area contributed by atoms with Gasteiger partial charge in [-0.3, -0.25) is 10.1 Å². The molecule has 1 heterocycles. The SMILES string of the molecule is O=[N+]([O-])c1cnc(NCc2ccccc2OCC(F)(F)F)nc1NC[C@H]1CC[C@H](NCCCO)CC1. The van der Waals surface area contributed by atoms with E-state index in [0.717, 1.165) is 44.8 Å². The van der Waals surface area contributed by atoms with Crippen molar-refractivity contribution in [3.8, 4) is 5.75 Å². The Balaban J connectivity index is 1.58. The zero-order chi connectivity index (χ0) is 26.0. The number of hydrogen-bond donors (Lipinski definition) is 4. The van der Waals surface area contributed by atoms with Crippen LogP contribution in [0.15, 0.2) is 30.5 Å². The number of aliphatic hydroxyl groups excluding tert-OH is 1. The molecular formula is C23H31F3N6O4. The first-order chi connectivity index (χ1) is 17.2. The van der Waals surface area contributed by atoms with Gasteiger partial charge in [-0.25, -0.2) is 4.98 Å². The standard InChI is InChI=1S/C23H31F3N6O4/c24-23(25,26)15-36-20-5-2-1-4-17(20)13-29-22-30-14-19(32(34)35)21(31-22)28-12-16-6-8-18(9-7-16)27-10-3-11-33/h1-2,4-5,14,16,18,27,33H,3,6-13,15H2,(H2,28,29,30,31)/t16-,18-. The molecule has 0 bridgehead atoms. The molecule has 0 unspecified atom stereocenters. The molecule has 0 aliphatic heterocycles. The van der Waals surface area contributed by atoms with Crippen LogP contribution in [0.1, 0.15) is 37.7 Å². The lowest BCUT2D eigenvalue weighted by Gasteiger charge is -2.29. The van der Waals surface area contributed by atoms with Crippen molar-refractivity contribution in [3.63, 3.8) is 0 Å². The highest BCUT2D eigenvalue weighted by atomic mass is 19.4. The fourth-order valence-electron chi connectivity index (χ4n) is 4.05. The monoisotopic (exact) mass is 512 g/mol. The first kappa shape index (κ1) is 27.4. The van der Waals surface area contributed by atoms with Crippen LogP contribution in [0.25, 0.3) is 0 Å². The lowest BCUT2D eigenvalue weighted by Crippen LogP contribution is -2.35. The molecule has 2 aromatic rings. The number of aromatic nitrogens is 2. The second-order valence-corrected chi connectivity index (χ2v) is 8.68. The molecule has 10 nitrogen and oxygen atoms in total. The quantitative estimate of drug-likeness (QED) is 0.179. The second kappa shape index (κ2) is 13.2. The number of ether oxygens (including phenoxy) is 1. The van der Waals surface area contributed by atoms with E-state index >= 15 is 0 Å². The number of anilines is 2. The van der Waals surface area contributed by atoms with Crippen LogP contribution in [0.4, 0.5) is 30.6 Å². The summed E-state index contributed by atoms with van der Waals surface area (Å²) < 4.78 is 42.5. The minimum Gasteiger partial charge on any atom is -0.484 e. The Bertz CT molecular complexity index is 987. The van der Waals surface area contributed by atoms with Crippen LogP contribution in [0, 0.1) is 16.0 Å². The molecule has 0 atom stereocenters. The molecule has 0 radical (unpaired) electrons.